The molecular weight excluding hydrogens is 352 g/mol. The van der Waals surface area contributed by atoms with Crippen LogP contribution in [-0.2, 0) is 9.53 Å². The lowest BCUT2D eigenvalue weighted by atomic mass is 10.1. The first-order chi connectivity index (χ1) is 8.08. The molecule has 92 valence electrons. The van der Waals surface area contributed by atoms with Crippen molar-refractivity contribution in [3.8, 4) is 0 Å². The Hall–Kier alpha value is -0.590. The van der Waals surface area contributed by atoms with Gasteiger partial charge in [0.05, 0.1) is 18.2 Å². The molecule has 6 heteroatoms. The van der Waals surface area contributed by atoms with E-state index in [2.05, 4.69) is 37.2 Å². The molecule has 1 aliphatic rings. The van der Waals surface area contributed by atoms with Crippen LogP contribution in [0.1, 0.15) is 6.42 Å². The minimum Gasteiger partial charge on any atom is -0.399 e. The molecule has 0 radical (unpaired) electrons. The second kappa shape index (κ2) is 5.37. The lowest BCUT2D eigenvalue weighted by molar-refractivity contribution is -0.119. The highest BCUT2D eigenvalue weighted by Gasteiger charge is 2.24. The molecule has 1 atom stereocenters. The highest BCUT2D eigenvalue weighted by Crippen LogP contribution is 2.34. The molecule has 1 unspecified atom stereocenters. The van der Waals surface area contributed by atoms with Crippen LogP contribution < -0.4 is 11.1 Å². The summed E-state index contributed by atoms with van der Waals surface area (Å²) in [5, 5.41) is 2.88. The van der Waals surface area contributed by atoms with Crippen LogP contribution >= 0.6 is 31.9 Å². The number of carbonyl (C=O) groups excluding carboxylic acids is 1. The summed E-state index contributed by atoms with van der Waals surface area (Å²) in [4.78, 5) is 11.9. The van der Waals surface area contributed by atoms with Gasteiger partial charge in [-0.1, -0.05) is 0 Å². The summed E-state index contributed by atoms with van der Waals surface area (Å²) in [6.07, 6.45) is 0.774. The Bertz CT molecular complexity index is 422. The van der Waals surface area contributed by atoms with Crippen LogP contribution in [0.15, 0.2) is 21.1 Å². The van der Waals surface area contributed by atoms with E-state index in [4.69, 9.17) is 10.5 Å². The summed E-state index contributed by atoms with van der Waals surface area (Å²) in [5.74, 6) is -0.0833. The molecule has 1 amide bonds. The Kier molecular flexibility index (Phi) is 4.06. The third-order valence-corrected chi connectivity index (χ3v) is 3.86. The summed E-state index contributed by atoms with van der Waals surface area (Å²) >= 11 is 6.76. The van der Waals surface area contributed by atoms with Crippen LogP contribution in [0.2, 0.25) is 0 Å². The van der Waals surface area contributed by atoms with Crippen LogP contribution in [0.4, 0.5) is 11.4 Å². The second-order valence-electron chi connectivity index (χ2n) is 3.91. The molecule has 1 heterocycles. The van der Waals surface area contributed by atoms with E-state index in [-0.39, 0.29) is 11.8 Å². The zero-order chi connectivity index (χ0) is 12.4. The molecule has 1 aromatic rings. The third kappa shape index (κ3) is 3.00. The average molecular weight is 364 g/mol. The Labute approximate surface area is 116 Å². The summed E-state index contributed by atoms with van der Waals surface area (Å²) in [5.41, 5.74) is 7.02. The molecule has 1 aromatic carbocycles. The van der Waals surface area contributed by atoms with Crippen LogP contribution in [-0.4, -0.2) is 19.1 Å². The van der Waals surface area contributed by atoms with E-state index in [0.717, 1.165) is 15.4 Å². The highest BCUT2D eigenvalue weighted by atomic mass is 79.9. The maximum atomic E-state index is 11.9. The second-order valence-corrected chi connectivity index (χ2v) is 5.62. The molecule has 17 heavy (non-hydrogen) atoms. The Morgan fingerprint density at radius 3 is 2.59 bits per heavy atom. The van der Waals surface area contributed by atoms with Crippen LogP contribution in [0, 0.1) is 5.92 Å². The highest BCUT2D eigenvalue weighted by molar-refractivity contribution is 9.11. The molecule has 0 saturated carbocycles. The summed E-state index contributed by atoms with van der Waals surface area (Å²) < 4.78 is 6.71. The van der Waals surface area contributed by atoms with E-state index in [9.17, 15) is 4.79 Å². The van der Waals surface area contributed by atoms with E-state index in [1.54, 1.807) is 12.1 Å². The molecule has 0 spiro atoms. The molecule has 1 saturated heterocycles. The standard InChI is InChI=1S/C11H12Br2N2O2/c12-8-3-7(14)4-9(13)10(8)15-11(16)6-1-2-17-5-6/h3-4,6H,1-2,5,14H2,(H,15,16). The molecule has 0 bridgehead atoms. The van der Waals surface area contributed by atoms with Crippen molar-refractivity contribution in [3.63, 3.8) is 0 Å². The van der Waals surface area contributed by atoms with Gasteiger partial charge in [0.2, 0.25) is 5.91 Å². The van der Waals surface area contributed by atoms with E-state index in [0.29, 0.717) is 24.6 Å². The summed E-state index contributed by atoms with van der Waals surface area (Å²) in [6, 6.07) is 3.51. The van der Waals surface area contributed by atoms with E-state index in [1.807, 2.05) is 0 Å². The van der Waals surface area contributed by atoms with Gasteiger partial charge in [0.25, 0.3) is 0 Å². The Balaban J connectivity index is 2.15. The average Bonchev–Trinajstić information content (AvgIpc) is 2.76. The van der Waals surface area contributed by atoms with Crippen LogP contribution in [0.5, 0.6) is 0 Å². The van der Waals surface area contributed by atoms with Crippen molar-refractivity contribution >= 4 is 49.1 Å². The van der Waals surface area contributed by atoms with Gasteiger partial charge in [0.15, 0.2) is 0 Å². The zero-order valence-electron chi connectivity index (χ0n) is 9.00. The molecular formula is C11H12Br2N2O2. The first-order valence-corrected chi connectivity index (χ1v) is 6.79. The maximum Gasteiger partial charge on any atom is 0.229 e. The Morgan fingerprint density at radius 2 is 2.06 bits per heavy atom. The van der Waals surface area contributed by atoms with Crippen molar-refractivity contribution in [2.75, 3.05) is 24.3 Å². The molecule has 1 fully saturated rings. The van der Waals surface area contributed by atoms with E-state index >= 15 is 0 Å². The maximum absolute atomic E-state index is 11.9. The van der Waals surface area contributed by atoms with E-state index in [1.165, 1.54) is 0 Å². The van der Waals surface area contributed by atoms with Crippen molar-refractivity contribution in [3.05, 3.63) is 21.1 Å². The number of anilines is 2. The zero-order valence-corrected chi connectivity index (χ0v) is 12.2. The van der Waals surface area contributed by atoms with Gasteiger partial charge in [-0.05, 0) is 50.4 Å². The van der Waals surface area contributed by atoms with Gasteiger partial charge < -0.3 is 15.8 Å². The monoisotopic (exact) mass is 362 g/mol. The molecule has 4 nitrogen and oxygen atoms in total. The van der Waals surface area contributed by atoms with Crippen molar-refractivity contribution < 1.29 is 9.53 Å². The fourth-order valence-electron chi connectivity index (χ4n) is 1.68. The summed E-state index contributed by atoms with van der Waals surface area (Å²) in [7, 11) is 0. The first-order valence-electron chi connectivity index (χ1n) is 5.21. The van der Waals surface area contributed by atoms with Gasteiger partial charge >= 0.3 is 0 Å². The van der Waals surface area contributed by atoms with Crippen LogP contribution in [0.25, 0.3) is 0 Å². The number of hydrogen-bond donors (Lipinski definition) is 2. The third-order valence-electron chi connectivity index (χ3n) is 2.61. The van der Waals surface area contributed by atoms with Gasteiger partial charge in [-0.2, -0.15) is 0 Å². The number of carbonyl (C=O) groups is 1. The fourth-order valence-corrected chi connectivity index (χ4v) is 3.10. The lowest BCUT2D eigenvalue weighted by Gasteiger charge is -2.13. The number of benzene rings is 1. The molecule has 0 aliphatic carbocycles. The summed E-state index contributed by atoms with van der Waals surface area (Å²) in [6.45, 7) is 1.15. The largest absolute Gasteiger partial charge is 0.399 e. The van der Waals surface area contributed by atoms with Gasteiger partial charge in [-0.15, -0.1) is 0 Å². The van der Waals surface area contributed by atoms with E-state index < -0.39 is 0 Å². The normalized spacial score (nSPS) is 19.3. The number of nitrogens with two attached hydrogens (primary N) is 1. The SMILES string of the molecule is Nc1cc(Br)c(NC(=O)C2CCOC2)c(Br)c1. The minimum atomic E-state index is -0.0636. The molecule has 3 N–H and O–H groups in total. The minimum absolute atomic E-state index is 0.0197. The number of ether oxygens (including phenoxy) is 1. The predicted octanol–water partition coefficient (Wildman–Crippen LogP) is 2.77. The number of amides is 1. The first kappa shape index (κ1) is 12.9. The number of nitrogen functional groups attached to an aromatic ring is 1. The molecule has 1 aliphatic heterocycles. The van der Waals surface area contributed by atoms with Crippen molar-refractivity contribution in [2.24, 2.45) is 5.92 Å². The van der Waals surface area contributed by atoms with Crippen molar-refractivity contribution in [2.45, 2.75) is 6.42 Å². The predicted molar refractivity (Wildman–Crippen MR) is 73.8 cm³/mol. The number of rotatable bonds is 2. The van der Waals surface area contributed by atoms with Gasteiger partial charge in [-0.3, -0.25) is 4.79 Å². The van der Waals surface area contributed by atoms with Gasteiger partial charge in [0, 0.05) is 21.2 Å². The van der Waals surface area contributed by atoms with Crippen LogP contribution in [0.3, 0.4) is 0 Å². The number of nitrogens with one attached hydrogen (secondary N) is 1. The van der Waals surface area contributed by atoms with Gasteiger partial charge in [0.1, 0.15) is 0 Å². The quantitative estimate of drug-likeness (QED) is 0.794. The lowest BCUT2D eigenvalue weighted by Crippen LogP contribution is -2.23. The topological polar surface area (TPSA) is 64.3 Å². The molecule has 0 aromatic heterocycles. The molecule has 2 rings (SSSR count). The smallest absolute Gasteiger partial charge is 0.229 e. The Morgan fingerprint density at radius 1 is 1.41 bits per heavy atom. The number of hydrogen-bond acceptors (Lipinski definition) is 3. The van der Waals surface area contributed by atoms with Gasteiger partial charge in [-0.25, -0.2) is 0 Å². The fraction of sp³-hybridized carbons (Fsp3) is 0.364. The van der Waals surface area contributed by atoms with Crippen molar-refractivity contribution in [1.29, 1.82) is 0 Å². The number of halogens is 2. The van der Waals surface area contributed by atoms with Crippen molar-refractivity contribution in [1.82, 2.24) is 0 Å².